The van der Waals surface area contributed by atoms with Crippen LogP contribution in [0, 0.1) is 11.2 Å². The molecule has 2 aliphatic heterocycles. The molecule has 1 saturated heterocycles. The number of carbonyl (C=O) groups excluding carboxylic acids is 2. The van der Waals surface area contributed by atoms with E-state index in [2.05, 4.69) is 10.3 Å². The molecule has 1 spiro atoms. The van der Waals surface area contributed by atoms with Gasteiger partial charge in [0.2, 0.25) is 0 Å². The van der Waals surface area contributed by atoms with E-state index in [1.54, 1.807) is 43.6 Å². The van der Waals surface area contributed by atoms with E-state index in [1.165, 1.54) is 12.1 Å². The third-order valence-corrected chi connectivity index (χ3v) is 8.55. The molecular weight excluding hydrogens is 591 g/mol. The van der Waals surface area contributed by atoms with Crippen LogP contribution in [-0.4, -0.2) is 75.2 Å². The Balaban J connectivity index is 1.23. The first kappa shape index (κ1) is 30.1. The number of pyridine rings is 2. The number of imidazole rings is 1. The van der Waals surface area contributed by atoms with Crippen molar-refractivity contribution < 1.29 is 28.2 Å². The van der Waals surface area contributed by atoms with E-state index < -0.39 is 23.4 Å². The smallest absolute Gasteiger partial charge is 0.417 e. The van der Waals surface area contributed by atoms with Gasteiger partial charge in [0.25, 0.3) is 5.91 Å². The first-order valence-corrected chi connectivity index (χ1v) is 15.4. The van der Waals surface area contributed by atoms with Crippen LogP contribution >= 0.6 is 0 Å². The van der Waals surface area contributed by atoms with Crippen molar-refractivity contribution in [2.24, 2.45) is 5.41 Å². The van der Waals surface area contributed by atoms with Gasteiger partial charge in [-0.15, -0.1) is 0 Å². The van der Waals surface area contributed by atoms with Gasteiger partial charge in [0.05, 0.1) is 48.6 Å². The summed E-state index contributed by atoms with van der Waals surface area (Å²) in [6, 6.07) is 10.1. The fourth-order valence-corrected chi connectivity index (χ4v) is 6.40. The van der Waals surface area contributed by atoms with Crippen LogP contribution in [0.3, 0.4) is 0 Å². The molecule has 0 unspecified atom stereocenters. The van der Waals surface area contributed by atoms with Crippen molar-refractivity contribution in [3.05, 3.63) is 71.4 Å². The average Bonchev–Trinajstić information content (AvgIpc) is 3.50. The minimum Gasteiger partial charge on any atom is -0.488 e. The number of amides is 2. The van der Waals surface area contributed by atoms with E-state index in [-0.39, 0.29) is 18.1 Å². The Morgan fingerprint density at radius 2 is 1.96 bits per heavy atom. The quantitative estimate of drug-likeness (QED) is 0.272. The Morgan fingerprint density at radius 3 is 2.65 bits per heavy atom. The topological polar surface area (TPSA) is 111 Å². The van der Waals surface area contributed by atoms with Crippen LogP contribution in [0.15, 0.2) is 48.8 Å². The monoisotopic (exact) mass is 628 g/mol. The maximum atomic E-state index is 13.9. The second-order valence-corrected chi connectivity index (χ2v) is 13.7. The summed E-state index contributed by atoms with van der Waals surface area (Å²) in [6.07, 6.45) is 4.58. The second kappa shape index (κ2) is 11.1. The van der Waals surface area contributed by atoms with Crippen molar-refractivity contribution >= 4 is 29.2 Å². The molecule has 3 aromatic heterocycles. The van der Waals surface area contributed by atoms with Gasteiger partial charge in [-0.05, 0) is 77.5 Å². The highest BCUT2D eigenvalue weighted by Gasteiger charge is 2.51. The molecule has 0 bridgehead atoms. The zero-order valence-corrected chi connectivity index (χ0v) is 26.6. The zero-order chi connectivity index (χ0) is 32.4. The molecule has 2 fully saturated rings. The number of rotatable bonds is 7. The number of carbonyl (C=O) groups is 2. The maximum Gasteiger partial charge on any atom is 0.417 e. The number of hydrogen-bond donors (Lipinski definition) is 1. The number of nitrogens with one attached hydrogen (secondary N) is 1. The van der Waals surface area contributed by atoms with Crippen molar-refractivity contribution in [3.8, 4) is 17.0 Å². The lowest BCUT2D eigenvalue weighted by Gasteiger charge is -2.52. The maximum absolute atomic E-state index is 13.9. The van der Waals surface area contributed by atoms with Crippen LogP contribution in [0.2, 0.25) is 0 Å². The number of hydrogen-bond acceptors (Lipinski definition) is 9. The summed E-state index contributed by atoms with van der Waals surface area (Å²) in [6.45, 7) is 7.44. The Morgan fingerprint density at radius 1 is 1.17 bits per heavy atom. The molecule has 11 nitrogen and oxygen atoms in total. The Kier molecular flexibility index (Phi) is 7.24. The van der Waals surface area contributed by atoms with Gasteiger partial charge >= 0.3 is 6.09 Å². The second-order valence-electron chi connectivity index (χ2n) is 13.7. The molecule has 4 aromatic rings. The van der Waals surface area contributed by atoms with Gasteiger partial charge in [0, 0.05) is 29.8 Å². The van der Waals surface area contributed by atoms with E-state index in [9.17, 15) is 14.0 Å². The van der Waals surface area contributed by atoms with Crippen LogP contribution in [0.4, 0.5) is 20.7 Å². The summed E-state index contributed by atoms with van der Waals surface area (Å²) in [5, 5.41) is 3.34. The van der Waals surface area contributed by atoms with Crippen molar-refractivity contribution in [2.75, 3.05) is 32.6 Å². The summed E-state index contributed by atoms with van der Waals surface area (Å²) >= 11 is 0. The van der Waals surface area contributed by atoms with Crippen LogP contribution < -0.4 is 10.1 Å². The molecule has 0 radical (unpaired) electrons. The summed E-state index contributed by atoms with van der Waals surface area (Å²) in [5.41, 5.74) is 3.51. The molecule has 7 rings (SSSR count). The lowest BCUT2D eigenvalue weighted by Crippen LogP contribution is -2.56. The molecule has 1 N–H and O–H groups in total. The van der Waals surface area contributed by atoms with Gasteiger partial charge in [-0.25, -0.2) is 24.1 Å². The van der Waals surface area contributed by atoms with Crippen LogP contribution in [0.1, 0.15) is 55.2 Å². The fraction of sp³-hybridized carbons (Fsp3) is 0.412. The molecule has 1 saturated carbocycles. The van der Waals surface area contributed by atoms with Crippen molar-refractivity contribution in [3.63, 3.8) is 0 Å². The lowest BCUT2D eigenvalue weighted by molar-refractivity contribution is -0.191. The summed E-state index contributed by atoms with van der Waals surface area (Å²) < 4.78 is 33.0. The Labute approximate surface area is 266 Å². The van der Waals surface area contributed by atoms with Gasteiger partial charge in [-0.1, -0.05) is 6.07 Å². The minimum atomic E-state index is -0.788. The Hall–Kier alpha value is -4.55. The number of anilines is 2. The molecule has 240 valence electrons. The van der Waals surface area contributed by atoms with Crippen LogP contribution in [0.5, 0.6) is 5.75 Å². The molecular formula is C34H37FN6O5. The minimum absolute atomic E-state index is 0.00235. The van der Waals surface area contributed by atoms with Gasteiger partial charge in [0.15, 0.2) is 0 Å². The zero-order valence-electron chi connectivity index (χ0n) is 26.6. The molecule has 3 aliphatic rings. The number of imide groups is 1. The van der Waals surface area contributed by atoms with E-state index in [1.807, 2.05) is 37.2 Å². The lowest BCUT2D eigenvalue weighted by atomic mass is 9.65. The largest absolute Gasteiger partial charge is 0.488 e. The Bertz CT molecular complexity index is 1850. The number of fused-ring (bicyclic) bond motifs is 2. The van der Waals surface area contributed by atoms with Gasteiger partial charge in [-0.3, -0.25) is 9.20 Å². The van der Waals surface area contributed by atoms with Crippen molar-refractivity contribution in [2.45, 2.75) is 58.4 Å². The highest BCUT2D eigenvalue weighted by molar-refractivity contribution is 6.11. The molecule has 2 amide bonds. The number of aromatic nitrogens is 3. The van der Waals surface area contributed by atoms with Crippen LogP contribution in [0.25, 0.3) is 16.9 Å². The molecule has 1 aliphatic carbocycles. The summed E-state index contributed by atoms with van der Waals surface area (Å²) in [7, 11) is 3.94. The predicted octanol–water partition coefficient (Wildman–Crippen LogP) is 5.79. The van der Waals surface area contributed by atoms with E-state index in [4.69, 9.17) is 19.2 Å². The molecule has 0 atom stereocenters. The first-order chi connectivity index (χ1) is 21.9. The predicted molar refractivity (Wildman–Crippen MR) is 169 cm³/mol. The first-order valence-electron chi connectivity index (χ1n) is 15.4. The normalized spacial score (nSPS) is 17.3. The number of benzene rings is 1. The number of halogens is 1. The fourth-order valence-electron chi connectivity index (χ4n) is 6.40. The third kappa shape index (κ3) is 5.56. The molecule has 46 heavy (non-hydrogen) atoms. The third-order valence-electron chi connectivity index (χ3n) is 8.55. The van der Waals surface area contributed by atoms with E-state index in [0.717, 1.165) is 42.4 Å². The standard InChI is InChI=1S/C34H37FN6O5/c1-33(2,3)46-32(43)41-16-23-22(26-15-36-29-12-20(35)10-11-40(26)29)6-7-24(30(23)31(41)42)37-28-9-8-27(25(38-28)17-39(4)5)45-21-13-34(14-21)18-44-19-34/h6-12,15,21H,13-14,16-19H2,1-5H3,(H,37,38). The number of ether oxygens (including phenoxy) is 3. The molecule has 12 heteroatoms. The number of nitrogens with zero attached hydrogens (tertiary/aromatic N) is 5. The SMILES string of the molecule is CN(C)Cc1nc(Nc2ccc(-c3cnc4cc(F)ccn34)c3c2C(=O)N(C(=O)OC(C)(C)C)C3)ccc1OC1CC2(COC2)C1. The molecule has 5 heterocycles. The summed E-state index contributed by atoms with van der Waals surface area (Å²) in [5.74, 6) is 0.380. The molecule has 1 aromatic carbocycles. The van der Waals surface area contributed by atoms with Crippen molar-refractivity contribution in [1.82, 2.24) is 24.2 Å². The van der Waals surface area contributed by atoms with Gasteiger partial charge in [0.1, 0.15) is 34.7 Å². The average molecular weight is 629 g/mol. The van der Waals surface area contributed by atoms with Crippen molar-refractivity contribution in [1.29, 1.82) is 0 Å². The van der Waals surface area contributed by atoms with Gasteiger partial charge < -0.3 is 24.4 Å². The van der Waals surface area contributed by atoms with Gasteiger partial charge in [-0.2, -0.15) is 0 Å². The van der Waals surface area contributed by atoms with E-state index in [0.29, 0.717) is 46.1 Å². The van der Waals surface area contributed by atoms with E-state index >= 15 is 0 Å². The highest BCUT2D eigenvalue weighted by atomic mass is 19.1. The summed E-state index contributed by atoms with van der Waals surface area (Å²) in [4.78, 5) is 39.5. The highest BCUT2D eigenvalue weighted by Crippen LogP contribution is 2.48. The van der Waals surface area contributed by atoms with Crippen LogP contribution in [-0.2, 0) is 22.6 Å².